The Labute approximate surface area is 202 Å². The maximum absolute atomic E-state index is 13.2. The molecule has 34 heavy (non-hydrogen) atoms. The van der Waals surface area contributed by atoms with Crippen LogP contribution < -0.4 is 9.47 Å². The predicted molar refractivity (Wildman–Crippen MR) is 133 cm³/mol. The first-order chi connectivity index (χ1) is 16.6. The van der Waals surface area contributed by atoms with Crippen LogP contribution in [0.25, 0.3) is 17.0 Å². The zero-order valence-corrected chi connectivity index (χ0v) is 19.5. The summed E-state index contributed by atoms with van der Waals surface area (Å²) in [6, 6.07) is 19.7. The number of hydrogen-bond acceptors (Lipinski definition) is 4. The highest BCUT2D eigenvalue weighted by molar-refractivity contribution is 6.30. The van der Waals surface area contributed by atoms with Gasteiger partial charge >= 0.3 is 0 Å². The maximum Gasteiger partial charge on any atom is 0.231 e. The standard InChI is InChI=1S/C28H23ClN2O3/c1-30-15-19(21-4-2-3-5-24(21)30)14-26-27(32)22-10-11-25-23(28(22)34-26)16-31(17-33-25)13-12-18-6-8-20(29)9-7-18/h2-11,14-15H,12-13,16-17H2,1H3/b26-14-. The van der Waals surface area contributed by atoms with Gasteiger partial charge in [0.25, 0.3) is 0 Å². The first kappa shape index (κ1) is 21.0. The van der Waals surface area contributed by atoms with E-state index in [1.165, 1.54) is 5.56 Å². The Kier molecular flexibility index (Phi) is 5.16. The Hall–Kier alpha value is -3.54. The summed E-state index contributed by atoms with van der Waals surface area (Å²) in [6.07, 6.45) is 4.75. The molecule has 0 spiro atoms. The van der Waals surface area contributed by atoms with Crippen LogP contribution >= 0.6 is 11.6 Å². The highest BCUT2D eigenvalue weighted by Gasteiger charge is 2.33. The molecule has 3 aromatic carbocycles. The summed E-state index contributed by atoms with van der Waals surface area (Å²) in [5, 5.41) is 1.83. The number of aromatic nitrogens is 1. The Balaban J connectivity index is 1.26. The Morgan fingerprint density at radius 3 is 2.74 bits per heavy atom. The third kappa shape index (κ3) is 3.67. The van der Waals surface area contributed by atoms with Gasteiger partial charge in [0, 0.05) is 47.8 Å². The zero-order valence-electron chi connectivity index (χ0n) is 18.8. The molecule has 2 aliphatic heterocycles. The van der Waals surface area contributed by atoms with Crippen LogP contribution in [0, 0.1) is 0 Å². The monoisotopic (exact) mass is 470 g/mol. The summed E-state index contributed by atoms with van der Waals surface area (Å²) in [5.41, 5.74) is 4.81. The molecular weight excluding hydrogens is 448 g/mol. The minimum atomic E-state index is -0.0935. The number of ether oxygens (including phenoxy) is 2. The van der Waals surface area contributed by atoms with Gasteiger partial charge in [-0.25, -0.2) is 0 Å². The van der Waals surface area contributed by atoms with Crippen molar-refractivity contribution in [3.05, 3.63) is 99.9 Å². The van der Waals surface area contributed by atoms with E-state index in [1.54, 1.807) is 0 Å². The smallest absolute Gasteiger partial charge is 0.231 e. The quantitative estimate of drug-likeness (QED) is 0.351. The number of carbonyl (C=O) groups is 1. The number of benzene rings is 3. The minimum Gasteiger partial charge on any atom is -0.478 e. The van der Waals surface area contributed by atoms with Crippen molar-refractivity contribution in [3.8, 4) is 11.5 Å². The van der Waals surface area contributed by atoms with Crippen LogP contribution in [0.4, 0.5) is 0 Å². The van der Waals surface area contributed by atoms with E-state index < -0.39 is 0 Å². The van der Waals surface area contributed by atoms with Gasteiger partial charge in [-0.1, -0.05) is 41.9 Å². The van der Waals surface area contributed by atoms with Gasteiger partial charge in [-0.2, -0.15) is 0 Å². The number of Topliss-reactive ketones (excluding diaryl/α,β-unsaturated/α-hetero) is 1. The van der Waals surface area contributed by atoms with Gasteiger partial charge < -0.3 is 14.0 Å². The van der Waals surface area contributed by atoms with Crippen molar-refractivity contribution in [1.29, 1.82) is 0 Å². The van der Waals surface area contributed by atoms with Gasteiger partial charge in [-0.05, 0) is 48.4 Å². The number of carbonyl (C=O) groups excluding carboxylic acids is 1. The second kappa shape index (κ2) is 8.35. The number of halogens is 1. The Morgan fingerprint density at radius 2 is 1.88 bits per heavy atom. The second-order valence-corrected chi connectivity index (χ2v) is 9.21. The van der Waals surface area contributed by atoms with E-state index in [0.29, 0.717) is 30.3 Å². The minimum absolute atomic E-state index is 0.0935. The first-order valence-corrected chi connectivity index (χ1v) is 11.7. The van der Waals surface area contributed by atoms with Gasteiger partial charge in [-0.3, -0.25) is 9.69 Å². The van der Waals surface area contributed by atoms with Crippen LogP contribution in [0.5, 0.6) is 11.5 Å². The molecule has 0 aliphatic carbocycles. The van der Waals surface area contributed by atoms with Crippen LogP contribution in [-0.4, -0.2) is 28.5 Å². The number of rotatable bonds is 4. The molecule has 6 heteroatoms. The van der Waals surface area contributed by atoms with Gasteiger partial charge in [-0.15, -0.1) is 0 Å². The third-order valence-corrected chi connectivity index (χ3v) is 6.78. The molecule has 2 aliphatic rings. The molecule has 170 valence electrons. The fourth-order valence-corrected chi connectivity index (χ4v) is 4.84. The van der Waals surface area contributed by atoms with Crippen LogP contribution in [0.15, 0.2) is 72.6 Å². The van der Waals surface area contributed by atoms with Gasteiger partial charge in [0.05, 0.1) is 11.1 Å². The zero-order chi connectivity index (χ0) is 23.2. The molecule has 5 nitrogen and oxygen atoms in total. The molecule has 0 atom stereocenters. The van der Waals surface area contributed by atoms with Crippen LogP contribution in [0.3, 0.4) is 0 Å². The molecule has 4 aromatic rings. The lowest BCUT2D eigenvalue weighted by Gasteiger charge is -2.29. The molecule has 6 rings (SSSR count). The largest absolute Gasteiger partial charge is 0.478 e. The average molecular weight is 471 g/mol. The molecule has 0 N–H and O–H groups in total. The Morgan fingerprint density at radius 1 is 1.06 bits per heavy atom. The number of para-hydroxylation sites is 1. The van der Waals surface area contributed by atoms with Gasteiger partial charge in [0.15, 0.2) is 5.76 Å². The van der Waals surface area contributed by atoms with Crippen LogP contribution in [0.2, 0.25) is 5.02 Å². The highest BCUT2D eigenvalue weighted by Crippen LogP contribution is 2.42. The summed E-state index contributed by atoms with van der Waals surface area (Å²) >= 11 is 6.00. The van der Waals surface area contributed by atoms with Gasteiger partial charge in [0.1, 0.15) is 18.2 Å². The van der Waals surface area contributed by atoms with E-state index in [1.807, 2.05) is 67.9 Å². The van der Waals surface area contributed by atoms with Crippen molar-refractivity contribution in [3.63, 3.8) is 0 Å². The van der Waals surface area contributed by atoms with E-state index in [4.69, 9.17) is 21.1 Å². The maximum atomic E-state index is 13.2. The summed E-state index contributed by atoms with van der Waals surface area (Å²) in [7, 11) is 2.00. The normalized spacial score (nSPS) is 16.4. The molecule has 3 heterocycles. The van der Waals surface area contributed by atoms with Gasteiger partial charge in [0.2, 0.25) is 5.78 Å². The molecule has 0 saturated heterocycles. The summed E-state index contributed by atoms with van der Waals surface area (Å²) in [5.74, 6) is 1.65. The molecule has 0 radical (unpaired) electrons. The van der Waals surface area contributed by atoms with E-state index in [-0.39, 0.29) is 5.78 Å². The first-order valence-electron chi connectivity index (χ1n) is 11.3. The topological polar surface area (TPSA) is 43.7 Å². The number of hydrogen-bond donors (Lipinski definition) is 0. The van der Waals surface area contributed by atoms with Crippen molar-refractivity contribution in [2.24, 2.45) is 7.05 Å². The van der Waals surface area contributed by atoms with E-state index >= 15 is 0 Å². The number of fused-ring (bicyclic) bond motifs is 4. The molecule has 1 aromatic heterocycles. The third-order valence-electron chi connectivity index (χ3n) is 6.53. The van der Waals surface area contributed by atoms with Crippen molar-refractivity contribution < 1.29 is 14.3 Å². The molecule has 0 bridgehead atoms. The molecule has 0 amide bonds. The fraction of sp³-hybridized carbons (Fsp3) is 0.179. The molecule has 0 unspecified atom stereocenters. The summed E-state index contributed by atoms with van der Waals surface area (Å²) in [4.78, 5) is 15.4. The van der Waals surface area contributed by atoms with Crippen molar-refractivity contribution in [2.45, 2.75) is 13.0 Å². The molecule has 0 saturated carbocycles. The highest BCUT2D eigenvalue weighted by atomic mass is 35.5. The van der Waals surface area contributed by atoms with E-state index in [9.17, 15) is 4.79 Å². The Bertz CT molecular complexity index is 1450. The van der Waals surface area contributed by atoms with Crippen molar-refractivity contribution >= 4 is 34.4 Å². The number of ketones is 1. The molecular formula is C28H23ClN2O3. The lowest BCUT2D eigenvalue weighted by Crippen LogP contribution is -2.33. The lowest BCUT2D eigenvalue weighted by atomic mass is 10.0. The van der Waals surface area contributed by atoms with E-state index in [2.05, 4.69) is 21.6 Å². The number of allylic oxidation sites excluding steroid dienone is 1. The van der Waals surface area contributed by atoms with Crippen LogP contribution in [-0.2, 0) is 20.0 Å². The predicted octanol–water partition coefficient (Wildman–Crippen LogP) is 5.84. The summed E-state index contributed by atoms with van der Waals surface area (Å²) in [6.45, 7) is 2.00. The SMILES string of the molecule is Cn1cc(/C=C2\Oc3c(ccc4c3CN(CCc3ccc(Cl)cc3)CO4)C2=O)c2ccccc21. The summed E-state index contributed by atoms with van der Waals surface area (Å²) < 4.78 is 14.3. The van der Waals surface area contributed by atoms with Crippen LogP contribution in [0.1, 0.15) is 27.0 Å². The number of aryl methyl sites for hydroxylation is 1. The lowest BCUT2D eigenvalue weighted by molar-refractivity contribution is 0.0950. The van der Waals surface area contributed by atoms with Crippen molar-refractivity contribution in [2.75, 3.05) is 13.3 Å². The fourth-order valence-electron chi connectivity index (χ4n) is 4.72. The molecule has 0 fully saturated rings. The second-order valence-electron chi connectivity index (χ2n) is 8.77. The average Bonchev–Trinajstić information content (AvgIpc) is 3.35. The van der Waals surface area contributed by atoms with E-state index in [0.717, 1.165) is 45.8 Å². The van der Waals surface area contributed by atoms with Crippen molar-refractivity contribution in [1.82, 2.24) is 9.47 Å². The number of nitrogens with zero attached hydrogens (tertiary/aromatic N) is 2.